The highest BCUT2D eigenvalue weighted by atomic mass is 32.2. The summed E-state index contributed by atoms with van der Waals surface area (Å²) in [6.07, 6.45) is 3.18. The maximum absolute atomic E-state index is 13.1. The van der Waals surface area contributed by atoms with Crippen molar-refractivity contribution in [2.75, 3.05) is 4.72 Å². The van der Waals surface area contributed by atoms with Crippen molar-refractivity contribution in [2.45, 2.75) is 31.1 Å². The number of benzene rings is 2. The van der Waals surface area contributed by atoms with E-state index < -0.39 is 10.0 Å². The third-order valence-electron chi connectivity index (χ3n) is 3.98. The van der Waals surface area contributed by atoms with Crippen molar-refractivity contribution in [1.82, 2.24) is 4.98 Å². The Bertz CT molecular complexity index is 1030. The Balaban J connectivity index is 1.98. The normalized spacial score (nSPS) is 11.8. The van der Waals surface area contributed by atoms with Crippen LogP contribution in [0.4, 0.5) is 5.69 Å². The molecule has 0 unspecified atom stereocenters. The first kappa shape index (κ1) is 18.9. The summed E-state index contributed by atoms with van der Waals surface area (Å²) < 4.78 is 34.6. The van der Waals surface area contributed by atoms with Gasteiger partial charge in [-0.05, 0) is 41.3 Å². The molecule has 0 radical (unpaired) electrons. The molecule has 3 aromatic rings. The predicted octanol–water partition coefficient (Wildman–Crippen LogP) is 4.97. The molecule has 0 amide bonds. The number of pyridine rings is 1. The number of sulfonamides is 1. The molecule has 0 aliphatic heterocycles. The van der Waals surface area contributed by atoms with Gasteiger partial charge in [0.25, 0.3) is 10.0 Å². The lowest BCUT2D eigenvalue weighted by molar-refractivity contribution is 0.468. The number of hydrogen-bond donors (Lipinski definition) is 1. The van der Waals surface area contributed by atoms with Crippen LogP contribution in [0.2, 0.25) is 0 Å². The number of para-hydroxylation sites is 2. The third kappa shape index (κ3) is 4.46. The first-order valence-corrected chi connectivity index (χ1v) is 10.0. The van der Waals surface area contributed by atoms with E-state index in [0.29, 0.717) is 11.4 Å². The summed E-state index contributed by atoms with van der Waals surface area (Å²) in [5, 5.41) is 0. The Kier molecular flexibility index (Phi) is 5.19. The van der Waals surface area contributed by atoms with Crippen molar-refractivity contribution < 1.29 is 13.2 Å². The van der Waals surface area contributed by atoms with Gasteiger partial charge >= 0.3 is 0 Å². The van der Waals surface area contributed by atoms with E-state index in [1.807, 2.05) is 45.0 Å². The third-order valence-corrected chi connectivity index (χ3v) is 5.39. The second-order valence-electron chi connectivity index (χ2n) is 7.14. The van der Waals surface area contributed by atoms with Gasteiger partial charge in [-0.25, -0.2) is 8.42 Å². The minimum atomic E-state index is -3.86. The van der Waals surface area contributed by atoms with E-state index in [0.717, 1.165) is 5.56 Å². The number of rotatable bonds is 5. The number of aromatic nitrogens is 1. The molecule has 3 rings (SSSR count). The summed E-state index contributed by atoms with van der Waals surface area (Å²) >= 11 is 0. The quantitative estimate of drug-likeness (QED) is 0.676. The van der Waals surface area contributed by atoms with Gasteiger partial charge in [-0.2, -0.15) is 0 Å². The molecule has 0 atom stereocenters. The van der Waals surface area contributed by atoms with Crippen molar-refractivity contribution in [3.63, 3.8) is 0 Å². The monoisotopic (exact) mass is 382 g/mol. The second-order valence-corrected chi connectivity index (χ2v) is 8.79. The molecule has 0 spiro atoms. The minimum Gasteiger partial charge on any atom is -0.456 e. The lowest BCUT2D eigenvalue weighted by Crippen LogP contribution is -2.19. The average molecular weight is 382 g/mol. The van der Waals surface area contributed by atoms with Crippen LogP contribution in [0.1, 0.15) is 26.3 Å². The van der Waals surface area contributed by atoms with Crippen LogP contribution in [0.3, 0.4) is 0 Å². The zero-order valence-electron chi connectivity index (χ0n) is 15.5. The number of hydrogen-bond acceptors (Lipinski definition) is 4. The highest BCUT2D eigenvalue weighted by Gasteiger charge is 2.24. The van der Waals surface area contributed by atoms with Gasteiger partial charge in [-0.1, -0.05) is 51.1 Å². The molecule has 6 heteroatoms. The summed E-state index contributed by atoms with van der Waals surface area (Å²) in [4.78, 5) is 4.14. The molecule has 1 heterocycles. The van der Waals surface area contributed by atoms with E-state index in [2.05, 4.69) is 9.71 Å². The molecule has 0 fully saturated rings. The van der Waals surface area contributed by atoms with E-state index in [9.17, 15) is 8.42 Å². The minimum absolute atomic E-state index is 0.0672. The highest BCUT2D eigenvalue weighted by Crippen LogP contribution is 2.33. The van der Waals surface area contributed by atoms with E-state index >= 15 is 0 Å². The Labute approximate surface area is 160 Å². The molecular formula is C21H22N2O3S. The van der Waals surface area contributed by atoms with Crippen LogP contribution in [0.15, 0.2) is 78.0 Å². The maximum Gasteiger partial charge on any atom is 0.265 e. The van der Waals surface area contributed by atoms with Crippen LogP contribution in [0, 0.1) is 0 Å². The Morgan fingerprint density at radius 1 is 0.926 bits per heavy atom. The molecule has 0 saturated carbocycles. The predicted molar refractivity (Wildman–Crippen MR) is 107 cm³/mol. The molecule has 1 aromatic heterocycles. The van der Waals surface area contributed by atoms with Gasteiger partial charge in [0.15, 0.2) is 0 Å². The van der Waals surface area contributed by atoms with Gasteiger partial charge in [-0.15, -0.1) is 0 Å². The first-order valence-electron chi connectivity index (χ1n) is 8.56. The van der Waals surface area contributed by atoms with Gasteiger partial charge < -0.3 is 4.74 Å². The van der Waals surface area contributed by atoms with Crippen LogP contribution < -0.4 is 9.46 Å². The SMILES string of the molecule is CC(C)(C)c1ccncc1NS(=O)(=O)c1ccccc1Oc1ccccc1. The Hall–Kier alpha value is -2.86. The zero-order valence-corrected chi connectivity index (χ0v) is 16.3. The molecule has 0 aliphatic carbocycles. The molecule has 0 aliphatic rings. The van der Waals surface area contributed by atoms with Crippen LogP contribution >= 0.6 is 0 Å². The largest absolute Gasteiger partial charge is 0.456 e. The van der Waals surface area contributed by atoms with Gasteiger partial charge in [0.2, 0.25) is 0 Å². The summed E-state index contributed by atoms with van der Waals surface area (Å²) in [7, 11) is -3.86. The van der Waals surface area contributed by atoms with Gasteiger partial charge in [0.05, 0.1) is 11.9 Å². The number of nitrogens with zero attached hydrogens (tertiary/aromatic N) is 1. The summed E-state index contributed by atoms with van der Waals surface area (Å²) in [6.45, 7) is 6.06. The average Bonchev–Trinajstić information content (AvgIpc) is 2.62. The molecule has 27 heavy (non-hydrogen) atoms. The standard InChI is InChI=1S/C21H22N2O3S/c1-21(2,3)17-13-14-22-15-18(17)23-27(24,25)20-12-8-7-11-19(20)26-16-9-5-4-6-10-16/h4-15,23H,1-3H3. The molecule has 5 nitrogen and oxygen atoms in total. The Morgan fingerprint density at radius 3 is 2.30 bits per heavy atom. The fourth-order valence-corrected chi connectivity index (χ4v) is 3.90. The molecule has 1 N–H and O–H groups in total. The lowest BCUT2D eigenvalue weighted by atomic mass is 9.87. The van der Waals surface area contributed by atoms with Crippen LogP contribution in [-0.2, 0) is 15.4 Å². The van der Waals surface area contributed by atoms with Crippen molar-refractivity contribution in [1.29, 1.82) is 0 Å². The second kappa shape index (κ2) is 7.40. The molecular weight excluding hydrogens is 360 g/mol. The molecule has 0 bridgehead atoms. The van der Waals surface area contributed by atoms with E-state index in [-0.39, 0.29) is 16.1 Å². The highest BCUT2D eigenvalue weighted by molar-refractivity contribution is 7.92. The van der Waals surface area contributed by atoms with Gasteiger partial charge in [0, 0.05) is 6.20 Å². The Morgan fingerprint density at radius 2 is 1.59 bits per heavy atom. The molecule has 140 valence electrons. The van der Waals surface area contributed by atoms with Crippen LogP contribution in [0.25, 0.3) is 0 Å². The zero-order chi connectivity index (χ0) is 19.5. The number of ether oxygens (including phenoxy) is 1. The fourth-order valence-electron chi connectivity index (χ4n) is 2.70. The number of anilines is 1. The van der Waals surface area contributed by atoms with Gasteiger partial charge in [0.1, 0.15) is 16.4 Å². The van der Waals surface area contributed by atoms with Crippen LogP contribution in [0.5, 0.6) is 11.5 Å². The van der Waals surface area contributed by atoms with Crippen molar-refractivity contribution in [2.24, 2.45) is 0 Å². The van der Waals surface area contributed by atoms with Crippen LogP contribution in [-0.4, -0.2) is 13.4 Å². The lowest BCUT2D eigenvalue weighted by Gasteiger charge is -2.23. The fraction of sp³-hybridized carbons (Fsp3) is 0.190. The summed E-state index contributed by atoms with van der Waals surface area (Å²) in [5.74, 6) is 0.828. The molecule has 0 saturated heterocycles. The maximum atomic E-state index is 13.1. The first-order chi connectivity index (χ1) is 12.8. The van der Waals surface area contributed by atoms with E-state index in [1.165, 1.54) is 12.3 Å². The van der Waals surface area contributed by atoms with E-state index in [4.69, 9.17) is 4.74 Å². The van der Waals surface area contributed by atoms with Gasteiger partial charge in [-0.3, -0.25) is 9.71 Å². The molecule has 2 aromatic carbocycles. The summed E-state index contributed by atoms with van der Waals surface area (Å²) in [6, 6.07) is 17.5. The van der Waals surface area contributed by atoms with Crippen molar-refractivity contribution in [3.05, 3.63) is 78.6 Å². The van der Waals surface area contributed by atoms with E-state index in [1.54, 1.807) is 36.5 Å². The van der Waals surface area contributed by atoms with Crippen molar-refractivity contribution in [3.8, 4) is 11.5 Å². The topological polar surface area (TPSA) is 68.3 Å². The smallest absolute Gasteiger partial charge is 0.265 e. The summed E-state index contributed by atoms with van der Waals surface area (Å²) in [5.41, 5.74) is 1.09. The van der Waals surface area contributed by atoms with Crippen molar-refractivity contribution >= 4 is 15.7 Å². The number of nitrogens with one attached hydrogen (secondary N) is 1.